The van der Waals surface area contributed by atoms with Crippen LogP contribution in [0.5, 0.6) is 0 Å². The topological polar surface area (TPSA) is 52.5 Å². The second kappa shape index (κ2) is 5.89. The van der Waals surface area contributed by atoms with E-state index in [9.17, 15) is 23.7 Å². The Morgan fingerprint density at radius 1 is 0.778 bits per heavy atom. The van der Waals surface area contributed by atoms with Gasteiger partial charge in [-0.15, -0.1) is 0 Å². The van der Waals surface area contributed by atoms with Gasteiger partial charge in [-0.25, -0.2) is 0 Å². The first-order valence-corrected chi connectivity index (χ1v) is 7.99. The molecular formula is C21H10F3N3. The standard InChI is InChI=1S/C21H10F3N3/c22-21(23,24)14-8-9-16-15-5-1-2-6-18(15)27(20(16)10-14)19-7-3-4-13(11-25)17(19)12-26/h1-10H. The molecule has 1 aromatic heterocycles. The zero-order valence-electron chi connectivity index (χ0n) is 13.7. The van der Waals surface area contributed by atoms with Crippen LogP contribution in [0.1, 0.15) is 16.7 Å². The molecule has 0 aliphatic heterocycles. The van der Waals surface area contributed by atoms with Gasteiger partial charge in [-0.1, -0.05) is 30.3 Å². The van der Waals surface area contributed by atoms with Crippen molar-refractivity contribution >= 4 is 21.8 Å². The van der Waals surface area contributed by atoms with Crippen LogP contribution in [0.3, 0.4) is 0 Å². The molecule has 4 rings (SSSR count). The van der Waals surface area contributed by atoms with Crippen molar-refractivity contribution in [3.8, 4) is 17.8 Å². The first-order chi connectivity index (χ1) is 13.0. The van der Waals surface area contributed by atoms with Gasteiger partial charge in [0, 0.05) is 10.8 Å². The first kappa shape index (κ1) is 16.7. The Bertz CT molecular complexity index is 1280. The average Bonchev–Trinajstić information content (AvgIpc) is 3.00. The van der Waals surface area contributed by atoms with Crippen LogP contribution in [0.25, 0.3) is 27.5 Å². The Morgan fingerprint density at radius 3 is 2.22 bits per heavy atom. The lowest BCUT2D eigenvalue weighted by atomic mass is 10.1. The van der Waals surface area contributed by atoms with Gasteiger partial charge in [-0.2, -0.15) is 23.7 Å². The molecule has 0 aliphatic rings. The summed E-state index contributed by atoms with van der Waals surface area (Å²) < 4.78 is 41.4. The van der Waals surface area contributed by atoms with Gasteiger partial charge in [0.05, 0.1) is 33.4 Å². The number of nitrogens with zero attached hydrogens (tertiary/aromatic N) is 3. The summed E-state index contributed by atoms with van der Waals surface area (Å²) in [6, 6.07) is 19.5. The second-order valence-electron chi connectivity index (χ2n) is 6.01. The Morgan fingerprint density at radius 2 is 1.52 bits per heavy atom. The third-order valence-electron chi connectivity index (χ3n) is 4.52. The Hall–Kier alpha value is -3.77. The molecule has 3 nitrogen and oxygen atoms in total. The summed E-state index contributed by atoms with van der Waals surface area (Å²) in [5.41, 5.74) is 0.903. The number of hydrogen-bond donors (Lipinski definition) is 0. The van der Waals surface area contributed by atoms with E-state index in [4.69, 9.17) is 0 Å². The highest BCUT2D eigenvalue weighted by atomic mass is 19.4. The number of hydrogen-bond acceptors (Lipinski definition) is 2. The fourth-order valence-electron chi connectivity index (χ4n) is 3.34. The SMILES string of the molecule is N#Cc1cccc(-n2c3ccccc3c3ccc(C(F)(F)F)cc32)c1C#N. The highest BCUT2D eigenvalue weighted by molar-refractivity contribution is 6.09. The molecule has 0 atom stereocenters. The van der Waals surface area contributed by atoms with Gasteiger partial charge in [0.15, 0.2) is 0 Å². The lowest BCUT2D eigenvalue weighted by molar-refractivity contribution is -0.137. The van der Waals surface area contributed by atoms with Gasteiger partial charge < -0.3 is 4.57 Å². The minimum absolute atomic E-state index is 0.125. The van der Waals surface area contributed by atoms with Crippen molar-refractivity contribution in [3.63, 3.8) is 0 Å². The van der Waals surface area contributed by atoms with Crippen molar-refractivity contribution in [3.05, 3.63) is 77.4 Å². The average molecular weight is 361 g/mol. The summed E-state index contributed by atoms with van der Waals surface area (Å²) in [7, 11) is 0. The van der Waals surface area contributed by atoms with Crippen LogP contribution in [-0.4, -0.2) is 4.57 Å². The molecule has 0 radical (unpaired) electrons. The van der Waals surface area contributed by atoms with Crippen molar-refractivity contribution in [1.82, 2.24) is 4.57 Å². The maximum Gasteiger partial charge on any atom is 0.416 e. The predicted octanol–water partition coefficient (Wildman–Crippen LogP) is 5.55. The number of rotatable bonds is 1. The molecule has 1 heterocycles. The molecule has 0 saturated carbocycles. The van der Waals surface area contributed by atoms with Crippen molar-refractivity contribution in [2.24, 2.45) is 0 Å². The molecule has 0 aliphatic carbocycles. The van der Waals surface area contributed by atoms with E-state index >= 15 is 0 Å². The van der Waals surface area contributed by atoms with E-state index in [1.165, 1.54) is 12.1 Å². The molecule has 0 amide bonds. The highest BCUT2D eigenvalue weighted by Crippen LogP contribution is 2.37. The maximum absolute atomic E-state index is 13.3. The van der Waals surface area contributed by atoms with Gasteiger partial charge in [-0.3, -0.25) is 0 Å². The maximum atomic E-state index is 13.3. The van der Waals surface area contributed by atoms with Crippen molar-refractivity contribution in [1.29, 1.82) is 10.5 Å². The number of aromatic nitrogens is 1. The molecule has 6 heteroatoms. The van der Waals surface area contributed by atoms with Crippen molar-refractivity contribution in [2.75, 3.05) is 0 Å². The molecule has 3 aromatic carbocycles. The molecule has 0 fully saturated rings. The molecule has 0 N–H and O–H groups in total. The largest absolute Gasteiger partial charge is 0.416 e. The number of para-hydroxylation sites is 1. The van der Waals surface area contributed by atoms with E-state index in [1.54, 1.807) is 34.9 Å². The number of halogens is 3. The molecule has 4 aromatic rings. The van der Waals surface area contributed by atoms with Gasteiger partial charge in [-0.05, 0) is 30.3 Å². The fraction of sp³-hybridized carbons (Fsp3) is 0.0476. The molecular weight excluding hydrogens is 351 g/mol. The van der Waals surface area contributed by atoms with Crippen molar-refractivity contribution in [2.45, 2.75) is 6.18 Å². The van der Waals surface area contributed by atoms with Crippen LogP contribution < -0.4 is 0 Å². The molecule has 0 spiro atoms. The fourth-order valence-corrected chi connectivity index (χ4v) is 3.34. The van der Waals surface area contributed by atoms with Crippen LogP contribution in [0.4, 0.5) is 13.2 Å². The van der Waals surface area contributed by atoms with Crippen molar-refractivity contribution < 1.29 is 13.2 Å². The molecule has 27 heavy (non-hydrogen) atoms. The van der Waals surface area contributed by atoms with Crippen LogP contribution in [0, 0.1) is 22.7 Å². The van der Waals surface area contributed by atoms with Gasteiger partial charge >= 0.3 is 6.18 Å². The van der Waals surface area contributed by atoms with Gasteiger partial charge in [0.25, 0.3) is 0 Å². The third-order valence-corrected chi connectivity index (χ3v) is 4.52. The van der Waals surface area contributed by atoms with E-state index in [1.807, 2.05) is 18.2 Å². The molecule has 0 saturated heterocycles. The molecule has 0 bridgehead atoms. The molecule has 0 unspecified atom stereocenters. The summed E-state index contributed by atoms with van der Waals surface area (Å²) in [5, 5.41) is 20.3. The predicted molar refractivity (Wildman–Crippen MR) is 95.2 cm³/mol. The van der Waals surface area contributed by atoms with Crippen LogP contribution in [0.2, 0.25) is 0 Å². The van der Waals surface area contributed by atoms with Gasteiger partial charge in [0.1, 0.15) is 12.1 Å². The third kappa shape index (κ3) is 2.51. The number of alkyl halides is 3. The normalized spacial score (nSPS) is 11.4. The summed E-state index contributed by atoms with van der Waals surface area (Å²) >= 11 is 0. The number of fused-ring (bicyclic) bond motifs is 3. The first-order valence-electron chi connectivity index (χ1n) is 7.99. The van der Waals surface area contributed by atoms with Crippen LogP contribution >= 0.6 is 0 Å². The number of nitriles is 2. The summed E-state index contributed by atoms with van der Waals surface area (Å²) in [5.74, 6) is 0. The zero-order valence-corrected chi connectivity index (χ0v) is 13.7. The lowest BCUT2D eigenvalue weighted by Crippen LogP contribution is -2.05. The highest BCUT2D eigenvalue weighted by Gasteiger charge is 2.31. The van der Waals surface area contributed by atoms with Crippen LogP contribution in [0.15, 0.2) is 60.7 Å². The second-order valence-corrected chi connectivity index (χ2v) is 6.01. The minimum atomic E-state index is -4.48. The smallest absolute Gasteiger partial charge is 0.308 e. The molecule has 130 valence electrons. The van der Waals surface area contributed by atoms with Crippen LogP contribution in [-0.2, 0) is 6.18 Å². The quantitative estimate of drug-likeness (QED) is 0.447. The van der Waals surface area contributed by atoms with E-state index in [0.29, 0.717) is 22.1 Å². The lowest BCUT2D eigenvalue weighted by Gasteiger charge is -2.12. The van der Waals surface area contributed by atoms with E-state index in [2.05, 4.69) is 0 Å². The van der Waals surface area contributed by atoms with E-state index < -0.39 is 11.7 Å². The van der Waals surface area contributed by atoms with E-state index in [-0.39, 0.29) is 11.1 Å². The Kier molecular flexibility index (Phi) is 3.64. The Balaban J connectivity index is 2.20. The summed E-state index contributed by atoms with van der Waals surface area (Å²) in [4.78, 5) is 0. The summed E-state index contributed by atoms with van der Waals surface area (Å²) in [6.07, 6.45) is -4.48. The summed E-state index contributed by atoms with van der Waals surface area (Å²) in [6.45, 7) is 0. The minimum Gasteiger partial charge on any atom is -0.308 e. The number of benzene rings is 3. The zero-order chi connectivity index (χ0) is 19.2. The monoisotopic (exact) mass is 361 g/mol. The van der Waals surface area contributed by atoms with E-state index in [0.717, 1.165) is 17.5 Å². The van der Waals surface area contributed by atoms with Gasteiger partial charge in [0.2, 0.25) is 0 Å². The Labute approximate surface area is 152 Å².